The summed E-state index contributed by atoms with van der Waals surface area (Å²) in [5.41, 5.74) is 17.9. The molecule has 2 aromatic rings. The Morgan fingerprint density at radius 1 is 1.21 bits per heavy atom. The lowest BCUT2D eigenvalue weighted by Gasteiger charge is -2.33. The number of benzene rings is 2. The van der Waals surface area contributed by atoms with Crippen molar-refractivity contribution < 1.29 is 19.1 Å². The van der Waals surface area contributed by atoms with Crippen molar-refractivity contribution in [1.82, 2.24) is 15.8 Å². The third-order valence-corrected chi connectivity index (χ3v) is 5.98. The van der Waals surface area contributed by atoms with Crippen LogP contribution in [0.1, 0.15) is 40.4 Å². The molecule has 0 aromatic heterocycles. The predicted molar refractivity (Wildman–Crippen MR) is 123 cm³/mol. The SMILES string of the molecule is COc1ccccc1C(=O)NCc1ccc(C2NN(C3CCCOC3)C(N)=C2C(N)=O)cc1. The molecule has 6 N–H and O–H groups in total. The number of amides is 2. The minimum Gasteiger partial charge on any atom is -0.496 e. The molecule has 2 heterocycles. The molecule has 4 rings (SSSR count). The number of hydrogen-bond donors (Lipinski definition) is 4. The van der Waals surface area contributed by atoms with Crippen molar-refractivity contribution in [3.63, 3.8) is 0 Å². The van der Waals surface area contributed by atoms with Gasteiger partial charge >= 0.3 is 0 Å². The van der Waals surface area contributed by atoms with E-state index in [0.29, 0.717) is 35.9 Å². The smallest absolute Gasteiger partial charge is 0.255 e. The number of hydrogen-bond acceptors (Lipinski definition) is 7. The van der Waals surface area contributed by atoms with E-state index in [0.717, 1.165) is 30.6 Å². The van der Waals surface area contributed by atoms with Crippen LogP contribution >= 0.6 is 0 Å². The second-order valence-electron chi connectivity index (χ2n) is 8.09. The van der Waals surface area contributed by atoms with E-state index in [1.165, 1.54) is 7.11 Å². The van der Waals surface area contributed by atoms with Gasteiger partial charge in [0, 0.05) is 13.2 Å². The number of nitrogens with one attached hydrogen (secondary N) is 2. The first-order valence-corrected chi connectivity index (χ1v) is 10.9. The average Bonchev–Trinajstić information content (AvgIpc) is 3.20. The van der Waals surface area contributed by atoms with Crippen molar-refractivity contribution in [3.05, 3.63) is 76.6 Å². The standard InChI is InChI=1S/C24H29N5O4/c1-32-19-7-3-2-6-18(19)24(31)27-13-15-8-10-16(11-9-15)21-20(23(26)30)22(25)29(28-21)17-5-4-12-33-14-17/h2-3,6-11,17,21,28H,4-5,12-14,25H2,1H3,(H2,26,30)(H,27,31). The van der Waals surface area contributed by atoms with E-state index >= 15 is 0 Å². The summed E-state index contributed by atoms with van der Waals surface area (Å²) in [5, 5.41) is 4.71. The van der Waals surface area contributed by atoms with Crippen molar-refractivity contribution in [1.29, 1.82) is 0 Å². The number of rotatable bonds is 7. The van der Waals surface area contributed by atoms with Crippen molar-refractivity contribution in [2.75, 3.05) is 20.3 Å². The molecule has 2 unspecified atom stereocenters. The second kappa shape index (κ2) is 9.93. The third kappa shape index (κ3) is 4.79. The van der Waals surface area contributed by atoms with Gasteiger partial charge < -0.3 is 26.3 Å². The Hall–Kier alpha value is -3.56. The van der Waals surface area contributed by atoms with Crippen LogP contribution in [0.5, 0.6) is 5.75 Å². The van der Waals surface area contributed by atoms with Gasteiger partial charge in [-0.05, 0) is 36.1 Å². The van der Waals surface area contributed by atoms with Crippen LogP contribution in [0, 0.1) is 0 Å². The van der Waals surface area contributed by atoms with Crippen LogP contribution in [0.2, 0.25) is 0 Å². The Labute approximate surface area is 192 Å². The number of para-hydroxylation sites is 1. The topological polar surface area (TPSA) is 132 Å². The summed E-state index contributed by atoms with van der Waals surface area (Å²) >= 11 is 0. The summed E-state index contributed by atoms with van der Waals surface area (Å²) in [6, 6.07) is 14.3. The van der Waals surface area contributed by atoms with E-state index < -0.39 is 11.9 Å². The highest BCUT2D eigenvalue weighted by molar-refractivity contribution is 5.97. The van der Waals surface area contributed by atoms with Crippen molar-refractivity contribution in [3.8, 4) is 5.75 Å². The fourth-order valence-corrected chi connectivity index (χ4v) is 4.23. The van der Waals surface area contributed by atoms with Crippen LogP contribution in [-0.2, 0) is 16.1 Å². The van der Waals surface area contributed by atoms with Gasteiger partial charge in [-0.3, -0.25) is 14.6 Å². The Morgan fingerprint density at radius 2 is 1.97 bits per heavy atom. The average molecular weight is 452 g/mol. The van der Waals surface area contributed by atoms with Gasteiger partial charge in [0.25, 0.3) is 5.91 Å². The molecule has 0 saturated carbocycles. The highest BCUT2D eigenvalue weighted by Gasteiger charge is 2.37. The zero-order chi connectivity index (χ0) is 23.4. The summed E-state index contributed by atoms with van der Waals surface area (Å²) in [4.78, 5) is 24.7. The largest absolute Gasteiger partial charge is 0.496 e. The number of carbonyl (C=O) groups is 2. The number of primary amides is 1. The van der Waals surface area contributed by atoms with E-state index in [9.17, 15) is 9.59 Å². The molecule has 174 valence electrons. The van der Waals surface area contributed by atoms with E-state index in [1.54, 1.807) is 18.2 Å². The summed E-state index contributed by atoms with van der Waals surface area (Å²) in [6.07, 6.45) is 1.85. The number of ether oxygens (including phenoxy) is 2. The molecule has 2 atom stereocenters. The monoisotopic (exact) mass is 451 g/mol. The molecule has 2 amide bonds. The van der Waals surface area contributed by atoms with Crippen molar-refractivity contribution >= 4 is 11.8 Å². The number of nitrogens with two attached hydrogens (primary N) is 2. The minimum absolute atomic E-state index is 0.0440. The number of nitrogens with zero attached hydrogens (tertiary/aromatic N) is 1. The Kier molecular flexibility index (Phi) is 6.81. The lowest BCUT2D eigenvalue weighted by molar-refractivity contribution is -0.114. The van der Waals surface area contributed by atoms with Crippen molar-refractivity contribution in [2.45, 2.75) is 31.5 Å². The summed E-state index contributed by atoms with van der Waals surface area (Å²) in [7, 11) is 1.53. The van der Waals surface area contributed by atoms with Crippen molar-refractivity contribution in [2.24, 2.45) is 11.5 Å². The van der Waals surface area contributed by atoms with E-state index in [2.05, 4.69) is 10.7 Å². The van der Waals surface area contributed by atoms with Gasteiger partial charge in [0.1, 0.15) is 11.6 Å². The van der Waals surface area contributed by atoms with Crippen LogP contribution in [0.4, 0.5) is 0 Å². The molecule has 9 nitrogen and oxygen atoms in total. The lowest BCUT2D eigenvalue weighted by atomic mass is 9.98. The van der Waals surface area contributed by atoms with Gasteiger partial charge in [-0.15, -0.1) is 0 Å². The molecule has 9 heteroatoms. The zero-order valence-electron chi connectivity index (χ0n) is 18.5. The Morgan fingerprint density at radius 3 is 2.64 bits per heavy atom. The van der Waals surface area contributed by atoms with Gasteiger partial charge in [0.05, 0.1) is 36.9 Å². The maximum Gasteiger partial charge on any atom is 0.255 e. The van der Waals surface area contributed by atoms with Crippen LogP contribution in [-0.4, -0.2) is 43.2 Å². The maximum absolute atomic E-state index is 12.5. The van der Waals surface area contributed by atoms with E-state index in [-0.39, 0.29) is 11.9 Å². The Balaban J connectivity index is 1.45. The highest BCUT2D eigenvalue weighted by atomic mass is 16.5. The summed E-state index contributed by atoms with van der Waals surface area (Å²) in [6.45, 7) is 1.62. The molecule has 2 aromatic carbocycles. The van der Waals surface area contributed by atoms with Gasteiger partial charge in [0.2, 0.25) is 5.91 Å². The van der Waals surface area contributed by atoms with Gasteiger partial charge in [-0.25, -0.2) is 5.43 Å². The van der Waals surface area contributed by atoms with Crippen LogP contribution < -0.4 is 26.9 Å². The first kappa shape index (κ1) is 22.6. The molecule has 0 radical (unpaired) electrons. The molecular formula is C24H29N5O4. The molecule has 0 bridgehead atoms. The van der Waals surface area contributed by atoms with Gasteiger partial charge in [-0.2, -0.15) is 0 Å². The molecule has 2 aliphatic heterocycles. The fourth-order valence-electron chi connectivity index (χ4n) is 4.23. The highest BCUT2D eigenvalue weighted by Crippen LogP contribution is 2.32. The third-order valence-electron chi connectivity index (χ3n) is 5.98. The Bertz CT molecular complexity index is 1050. The fraction of sp³-hybridized carbons (Fsp3) is 0.333. The lowest BCUT2D eigenvalue weighted by Crippen LogP contribution is -2.47. The van der Waals surface area contributed by atoms with Gasteiger partial charge in [0.15, 0.2) is 0 Å². The first-order chi connectivity index (χ1) is 16.0. The number of hydrazine groups is 1. The molecule has 33 heavy (non-hydrogen) atoms. The zero-order valence-corrected chi connectivity index (χ0v) is 18.5. The quantitative estimate of drug-likeness (QED) is 0.499. The molecule has 2 aliphatic rings. The normalized spacial score (nSPS) is 20.6. The maximum atomic E-state index is 12.5. The first-order valence-electron chi connectivity index (χ1n) is 10.9. The van der Waals surface area contributed by atoms with Crippen LogP contribution in [0.3, 0.4) is 0 Å². The predicted octanol–water partition coefficient (Wildman–Crippen LogP) is 1.32. The molecule has 0 spiro atoms. The molecule has 1 saturated heterocycles. The molecule has 0 aliphatic carbocycles. The van der Waals surface area contributed by atoms with Gasteiger partial charge in [-0.1, -0.05) is 36.4 Å². The second-order valence-corrected chi connectivity index (χ2v) is 8.09. The summed E-state index contributed by atoms with van der Waals surface area (Å²) < 4.78 is 10.8. The summed E-state index contributed by atoms with van der Waals surface area (Å²) in [5.74, 6) is 0.0912. The van der Waals surface area contributed by atoms with E-state index in [1.807, 2.05) is 35.3 Å². The number of carbonyl (C=O) groups excluding carboxylic acids is 2. The van der Waals surface area contributed by atoms with E-state index in [4.69, 9.17) is 20.9 Å². The molecular weight excluding hydrogens is 422 g/mol. The number of methoxy groups -OCH3 is 1. The van der Waals surface area contributed by atoms with Crippen LogP contribution in [0.15, 0.2) is 59.9 Å². The minimum atomic E-state index is -0.558. The molecule has 1 fully saturated rings. The van der Waals surface area contributed by atoms with Crippen LogP contribution in [0.25, 0.3) is 0 Å².